The smallest absolute Gasteiger partial charge is 0.309 e. The number of allylic oxidation sites excluding steroid dienone is 1. The van der Waals surface area contributed by atoms with E-state index in [0.29, 0.717) is 31.0 Å². The second-order valence-electron chi connectivity index (χ2n) is 15.2. The fraction of sp³-hybridized carbons (Fsp3) is 0.692. The van der Waals surface area contributed by atoms with Gasteiger partial charge in [-0.05, 0) is 118 Å². The molecule has 0 aromatic carbocycles. The predicted molar refractivity (Wildman–Crippen MR) is 184 cm³/mol. The van der Waals surface area contributed by atoms with E-state index in [1.165, 1.54) is 19.3 Å². The van der Waals surface area contributed by atoms with Crippen molar-refractivity contribution in [3.8, 4) is 0 Å². The molecule has 2 saturated carbocycles. The number of aromatic nitrogens is 2. The minimum Gasteiger partial charge on any atom is -0.667 e. The van der Waals surface area contributed by atoms with E-state index in [1.807, 2.05) is 30.5 Å². The first kappa shape index (κ1) is 35.6. The molecule has 2 aromatic rings. The van der Waals surface area contributed by atoms with Crippen LogP contribution in [0.15, 0.2) is 48.8 Å². The molecule has 3 aliphatic carbocycles. The Morgan fingerprint density at radius 1 is 1.02 bits per heavy atom. The third-order valence-electron chi connectivity index (χ3n) is 11.9. The lowest BCUT2D eigenvalue weighted by Crippen LogP contribution is -2.42. The van der Waals surface area contributed by atoms with E-state index in [0.717, 1.165) is 69.0 Å². The largest absolute Gasteiger partial charge is 0.667 e. The Morgan fingerprint density at radius 2 is 1.83 bits per heavy atom. The third kappa shape index (κ3) is 9.27. The van der Waals surface area contributed by atoms with Crippen LogP contribution >= 0.6 is 0 Å². The molecule has 0 spiro atoms. The summed E-state index contributed by atoms with van der Waals surface area (Å²) >= 11 is 0. The van der Waals surface area contributed by atoms with Crippen molar-refractivity contribution in [3.05, 3.63) is 60.1 Å². The number of aliphatic hydroxyl groups is 3. The molecule has 2 aromatic heterocycles. The summed E-state index contributed by atoms with van der Waals surface area (Å²) in [5, 5.41) is 44.9. The number of aliphatic hydroxyl groups excluding tert-OH is 2. The van der Waals surface area contributed by atoms with E-state index >= 15 is 0 Å². The number of unbranched alkanes of at least 4 members (excludes halogenated alkanes) is 3. The normalized spacial score (nSPS) is 34.6. The van der Waals surface area contributed by atoms with Crippen LogP contribution in [0.2, 0.25) is 0 Å². The van der Waals surface area contributed by atoms with E-state index in [-0.39, 0.29) is 42.1 Å². The van der Waals surface area contributed by atoms with Gasteiger partial charge >= 0.3 is 5.97 Å². The summed E-state index contributed by atoms with van der Waals surface area (Å²) in [6, 6.07) is 7.88. The van der Waals surface area contributed by atoms with Crippen LogP contribution in [0, 0.1) is 35.5 Å². The number of hydrogen-bond donors (Lipinski definition) is 5. The quantitative estimate of drug-likeness (QED) is 0.120. The van der Waals surface area contributed by atoms with Crippen molar-refractivity contribution in [2.24, 2.45) is 35.5 Å². The van der Waals surface area contributed by atoms with Crippen LogP contribution in [0.3, 0.4) is 0 Å². The summed E-state index contributed by atoms with van der Waals surface area (Å²) in [4.78, 5) is 21.5. The van der Waals surface area contributed by atoms with E-state index in [1.54, 1.807) is 6.20 Å². The van der Waals surface area contributed by atoms with Gasteiger partial charge in [-0.3, -0.25) is 4.79 Å². The van der Waals surface area contributed by atoms with Crippen LogP contribution < -0.4 is 10.7 Å². The van der Waals surface area contributed by atoms with Gasteiger partial charge in [-0.25, -0.2) is 4.98 Å². The van der Waals surface area contributed by atoms with Gasteiger partial charge in [0.1, 0.15) is 5.82 Å². The molecule has 10 atom stereocenters. The molecule has 8 nitrogen and oxygen atoms in total. The highest BCUT2D eigenvalue weighted by Crippen LogP contribution is 2.53. The Bertz CT molecular complexity index is 1280. The summed E-state index contributed by atoms with van der Waals surface area (Å²) in [5.74, 6) is -0.639. The van der Waals surface area contributed by atoms with Crippen molar-refractivity contribution in [2.75, 3.05) is 5.73 Å². The molecule has 6 N–H and O–H groups in total. The molecule has 8 heteroatoms. The van der Waals surface area contributed by atoms with Gasteiger partial charge < -0.3 is 31.1 Å². The minimum atomic E-state index is -1.01. The van der Waals surface area contributed by atoms with E-state index in [9.17, 15) is 25.2 Å². The lowest BCUT2D eigenvalue weighted by atomic mass is 9.69. The van der Waals surface area contributed by atoms with E-state index in [2.05, 4.69) is 24.1 Å². The lowest BCUT2D eigenvalue weighted by molar-refractivity contribution is -0.150. The Hall–Kier alpha value is -2.68. The minimum absolute atomic E-state index is 0.0162. The Morgan fingerprint density at radius 3 is 2.55 bits per heavy atom. The topological polar surface area (TPSA) is 151 Å². The number of aliphatic carboxylic acids is 1. The fourth-order valence-corrected chi connectivity index (χ4v) is 9.43. The third-order valence-corrected chi connectivity index (χ3v) is 11.9. The molecule has 0 unspecified atom stereocenters. The zero-order valence-electron chi connectivity index (χ0n) is 28.3. The zero-order valence-corrected chi connectivity index (χ0v) is 28.3. The molecular weight excluding hydrogens is 590 g/mol. The molecular formula is C39H58N3O5-. The van der Waals surface area contributed by atoms with Crippen LogP contribution in [0.25, 0.3) is 0 Å². The summed E-state index contributed by atoms with van der Waals surface area (Å²) in [6.07, 6.45) is 20.0. The fourth-order valence-electron chi connectivity index (χ4n) is 9.43. The van der Waals surface area contributed by atoms with Gasteiger partial charge in [0, 0.05) is 12.1 Å². The highest BCUT2D eigenvalue weighted by atomic mass is 16.4. The number of nitrogens with two attached hydrogens (primary N) is 1. The first-order valence-corrected chi connectivity index (χ1v) is 18.4. The Labute approximate surface area is 281 Å². The Balaban J connectivity index is 1.26. The maximum atomic E-state index is 12.7. The monoisotopic (exact) mass is 648 g/mol. The molecule has 0 radical (unpaired) electrons. The van der Waals surface area contributed by atoms with Gasteiger partial charge in [-0.1, -0.05) is 63.3 Å². The number of rotatable bonds is 13. The van der Waals surface area contributed by atoms with Crippen LogP contribution in [0.1, 0.15) is 120 Å². The number of nitrogens with zero attached hydrogens (tertiary/aromatic N) is 2. The standard InChI is InChI=1S/C39H58N3O5/c1-2-3-4-8-26-12-13-29(35(44)23-26)9-5-6-10-30-14-15-31(33-11-7-19-41-33)32-22-28(21-27-17-20-42-36(40)24-27)25-39(32,47)18-16-34(43)37(30)38(45)46/h7,11-13,17,19-20,24,26,28-32,34-35,37,43-44,47H,2-6,8-10,14-16,18,21-23,25H2,1H3,(H2,40,42)(H,45,46)/q-1/t26-,28+,29+,30+,31-,32+,34+,35+,37+,39+/m1/s1. The molecule has 0 saturated heterocycles. The highest BCUT2D eigenvalue weighted by molar-refractivity contribution is 5.71. The number of carboxylic acid groups (broad SMARTS) is 1. The molecule has 2 heterocycles. The number of nitrogen functional groups attached to an aromatic ring is 1. The average Bonchev–Trinajstić information content (AvgIpc) is 3.67. The van der Waals surface area contributed by atoms with E-state index in [4.69, 9.17) is 10.7 Å². The van der Waals surface area contributed by atoms with Crippen LogP contribution in [-0.2, 0) is 11.2 Å². The van der Waals surface area contributed by atoms with Crippen molar-refractivity contribution >= 4 is 11.8 Å². The van der Waals surface area contributed by atoms with Gasteiger partial charge in [0.05, 0.1) is 23.7 Å². The maximum Gasteiger partial charge on any atom is 0.309 e. The second-order valence-corrected chi connectivity index (χ2v) is 15.2. The van der Waals surface area contributed by atoms with Gasteiger partial charge in [-0.15, -0.1) is 0 Å². The molecule has 0 aliphatic heterocycles. The highest BCUT2D eigenvalue weighted by Gasteiger charge is 2.50. The molecule has 47 heavy (non-hydrogen) atoms. The Kier molecular flexibility index (Phi) is 12.6. The molecule has 0 amide bonds. The summed E-state index contributed by atoms with van der Waals surface area (Å²) in [7, 11) is 0. The number of carbonyl (C=O) groups is 1. The number of carboxylic acids is 1. The summed E-state index contributed by atoms with van der Waals surface area (Å²) in [5.41, 5.74) is 7.03. The van der Waals surface area contributed by atoms with Crippen LogP contribution in [-0.4, -0.2) is 49.2 Å². The SMILES string of the molecule is CCCCC[C@@H]1C=C[C@H](CCCC[C@H]2CC[C@@H](c3ccc[n-]3)[C@@H]3C[C@H](Cc4ccnc(N)c4)C[C@@]3(O)CC[C@H](O)[C@H]2C(=O)O)[C@@H](O)C1. The van der Waals surface area contributed by atoms with Gasteiger partial charge in [-0.2, -0.15) is 11.9 Å². The number of anilines is 1. The van der Waals surface area contributed by atoms with Crippen molar-refractivity contribution in [1.82, 2.24) is 9.97 Å². The number of fused-ring (bicyclic) bond motifs is 1. The molecule has 2 fully saturated rings. The molecule has 3 aliphatic rings. The van der Waals surface area contributed by atoms with Crippen molar-refractivity contribution in [1.29, 1.82) is 0 Å². The van der Waals surface area contributed by atoms with Crippen molar-refractivity contribution < 1.29 is 25.2 Å². The summed E-state index contributed by atoms with van der Waals surface area (Å²) < 4.78 is 0. The van der Waals surface area contributed by atoms with Gasteiger partial charge in [0.25, 0.3) is 0 Å². The van der Waals surface area contributed by atoms with Crippen LogP contribution in [0.4, 0.5) is 5.82 Å². The molecule has 260 valence electrons. The first-order chi connectivity index (χ1) is 22.7. The first-order valence-electron chi connectivity index (χ1n) is 18.4. The average molecular weight is 649 g/mol. The molecule has 5 rings (SSSR count). The van der Waals surface area contributed by atoms with Crippen molar-refractivity contribution in [2.45, 2.75) is 133 Å². The maximum absolute atomic E-state index is 12.7. The predicted octanol–water partition coefficient (Wildman–Crippen LogP) is 6.65. The number of pyridine rings is 1. The zero-order chi connectivity index (χ0) is 33.4. The van der Waals surface area contributed by atoms with Gasteiger partial charge in [0.15, 0.2) is 0 Å². The van der Waals surface area contributed by atoms with Crippen molar-refractivity contribution in [3.63, 3.8) is 0 Å². The van der Waals surface area contributed by atoms with E-state index < -0.39 is 23.6 Å². The lowest BCUT2D eigenvalue weighted by Gasteiger charge is -2.41. The van der Waals surface area contributed by atoms with Gasteiger partial charge in [0.2, 0.25) is 0 Å². The molecule has 0 bridgehead atoms. The number of hydrogen-bond acceptors (Lipinski definition) is 6. The summed E-state index contributed by atoms with van der Waals surface area (Å²) in [6.45, 7) is 2.21. The second kappa shape index (κ2) is 16.6. The van der Waals surface area contributed by atoms with Crippen LogP contribution in [0.5, 0.6) is 0 Å².